The molecular weight excluding hydrogens is 233 g/mol. The fourth-order valence-electron chi connectivity index (χ4n) is 1.41. The molecule has 2 aromatic rings. The molecule has 1 N–H and O–H groups in total. The van der Waals surface area contributed by atoms with Crippen molar-refractivity contribution in [3.05, 3.63) is 36.0 Å². The van der Waals surface area contributed by atoms with Crippen LogP contribution in [0, 0.1) is 5.82 Å². The number of aromatic nitrogens is 2. The number of nitrogens with zero attached hydrogens (tertiary/aromatic N) is 2. The van der Waals surface area contributed by atoms with Crippen molar-refractivity contribution in [2.45, 2.75) is 32.9 Å². The Labute approximate surface area is 105 Å². The first kappa shape index (κ1) is 12.7. The number of hydrogen-bond donors (Lipinski definition) is 1. The molecule has 0 unspecified atom stereocenters. The summed E-state index contributed by atoms with van der Waals surface area (Å²) in [4.78, 5) is 4.22. The molecule has 1 aromatic carbocycles. The summed E-state index contributed by atoms with van der Waals surface area (Å²) in [7, 11) is 0. The Hall–Kier alpha value is -1.75. The zero-order valence-electron chi connectivity index (χ0n) is 10.7. The maximum atomic E-state index is 13.1. The molecule has 1 aromatic heterocycles. The van der Waals surface area contributed by atoms with Gasteiger partial charge in [0.1, 0.15) is 5.82 Å². The van der Waals surface area contributed by atoms with Crippen LogP contribution in [0.5, 0.6) is 0 Å². The highest BCUT2D eigenvalue weighted by molar-refractivity contribution is 5.53. The summed E-state index contributed by atoms with van der Waals surface area (Å²) >= 11 is 0. The fourth-order valence-corrected chi connectivity index (χ4v) is 1.41. The van der Waals surface area contributed by atoms with Crippen LogP contribution in [0.4, 0.5) is 4.39 Å². The summed E-state index contributed by atoms with van der Waals surface area (Å²) in [5.41, 5.74) is 0.591. The van der Waals surface area contributed by atoms with Gasteiger partial charge in [-0.25, -0.2) is 4.39 Å². The van der Waals surface area contributed by atoms with Crippen molar-refractivity contribution in [3.63, 3.8) is 0 Å². The predicted molar refractivity (Wildman–Crippen MR) is 66.3 cm³/mol. The number of hydrogen-bond acceptors (Lipinski definition) is 4. The summed E-state index contributed by atoms with van der Waals surface area (Å²) in [6.07, 6.45) is 0. The Balaban J connectivity index is 2.11. The van der Waals surface area contributed by atoms with Crippen LogP contribution in [-0.2, 0) is 6.54 Å². The highest BCUT2D eigenvalue weighted by Crippen LogP contribution is 2.16. The highest BCUT2D eigenvalue weighted by Gasteiger charge is 2.13. The van der Waals surface area contributed by atoms with E-state index in [1.807, 2.05) is 0 Å². The second-order valence-corrected chi connectivity index (χ2v) is 5.13. The number of benzene rings is 1. The topological polar surface area (TPSA) is 51.0 Å². The Morgan fingerprint density at radius 1 is 1.33 bits per heavy atom. The molecule has 0 aliphatic carbocycles. The van der Waals surface area contributed by atoms with E-state index in [1.165, 1.54) is 12.1 Å². The molecule has 0 amide bonds. The first-order valence-electron chi connectivity index (χ1n) is 5.77. The van der Waals surface area contributed by atoms with E-state index in [-0.39, 0.29) is 11.4 Å². The van der Waals surface area contributed by atoms with Crippen LogP contribution in [0.25, 0.3) is 11.4 Å². The summed E-state index contributed by atoms with van der Waals surface area (Å²) in [6.45, 7) is 6.65. The third kappa shape index (κ3) is 3.37. The van der Waals surface area contributed by atoms with Crippen molar-refractivity contribution in [2.24, 2.45) is 0 Å². The van der Waals surface area contributed by atoms with Crippen LogP contribution in [-0.4, -0.2) is 15.7 Å². The molecule has 1 heterocycles. The molecule has 0 spiro atoms. The minimum atomic E-state index is -0.313. The fraction of sp³-hybridized carbons (Fsp3) is 0.385. The summed E-state index contributed by atoms with van der Waals surface area (Å²) in [6, 6.07) is 6.13. The van der Waals surface area contributed by atoms with Crippen molar-refractivity contribution >= 4 is 0 Å². The zero-order chi connectivity index (χ0) is 13.2. The quantitative estimate of drug-likeness (QED) is 0.908. The van der Waals surface area contributed by atoms with Crippen molar-refractivity contribution in [1.82, 2.24) is 15.5 Å². The largest absolute Gasteiger partial charge is 0.338 e. The second kappa shape index (κ2) is 4.86. The standard InChI is InChI=1S/C13H16FN3O/c1-13(2,3)15-8-11-16-12(17-18-11)9-5-4-6-10(14)7-9/h4-7,15H,8H2,1-3H3. The summed E-state index contributed by atoms with van der Waals surface area (Å²) in [5.74, 6) is 0.580. The van der Waals surface area contributed by atoms with E-state index < -0.39 is 0 Å². The molecule has 0 aliphatic rings. The smallest absolute Gasteiger partial charge is 0.240 e. The van der Waals surface area contributed by atoms with E-state index in [9.17, 15) is 4.39 Å². The minimum absolute atomic E-state index is 0.0203. The molecule has 96 valence electrons. The lowest BCUT2D eigenvalue weighted by atomic mass is 10.1. The molecule has 0 fully saturated rings. The van der Waals surface area contributed by atoms with Crippen LogP contribution < -0.4 is 5.32 Å². The van der Waals surface area contributed by atoms with Crippen molar-refractivity contribution in [1.29, 1.82) is 0 Å². The highest BCUT2D eigenvalue weighted by atomic mass is 19.1. The molecule has 5 heteroatoms. The molecule has 0 bridgehead atoms. The summed E-state index contributed by atoms with van der Waals surface area (Å²) in [5, 5.41) is 7.08. The first-order chi connectivity index (χ1) is 8.44. The maximum absolute atomic E-state index is 13.1. The third-order valence-corrected chi connectivity index (χ3v) is 2.32. The van der Waals surface area contributed by atoms with Crippen molar-refractivity contribution < 1.29 is 8.91 Å². The minimum Gasteiger partial charge on any atom is -0.338 e. The Kier molecular flexibility index (Phi) is 3.43. The van der Waals surface area contributed by atoms with Crippen molar-refractivity contribution in [3.8, 4) is 11.4 Å². The maximum Gasteiger partial charge on any atom is 0.240 e. The van der Waals surface area contributed by atoms with E-state index in [4.69, 9.17) is 4.52 Å². The van der Waals surface area contributed by atoms with E-state index in [0.717, 1.165) is 0 Å². The normalized spacial score (nSPS) is 11.8. The molecule has 0 radical (unpaired) electrons. The number of halogens is 1. The van der Waals surface area contributed by atoms with Crippen molar-refractivity contribution in [2.75, 3.05) is 0 Å². The SMILES string of the molecule is CC(C)(C)NCc1nc(-c2cccc(F)c2)no1. The van der Waals surface area contributed by atoms with E-state index in [1.54, 1.807) is 12.1 Å². The Morgan fingerprint density at radius 2 is 2.11 bits per heavy atom. The van der Waals surface area contributed by atoms with Gasteiger partial charge < -0.3 is 9.84 Å². The van der Waals surface area contributed by atoms with Crippen LogP contribution in [0.3, 0.4) is 0 Å². The number of rotatable bonds is 3. The lowest BCUT2D eigenvalue weighted by molar-refractivity contribution is 0.336. The lowest BCUT2D eigenvalue weighted by Gasteiger charge is -2.18. The predicted octanol–water partition coefficient (Wildman–Crippen LogP) is 2.76. The average molecular weight is 249 g/mol. The monoisotopic (exact) mass is 249 g/mol. The molecule has 0 atom stereocenters. The van der Waals surface area contributed by atoms with Gasteiger partial charge in [0.2, 0.25) is 11.7 Å². The van der Waals surface area contributed by atoms with Crippen LogP contribution in [0.2, 0.25) is 0 Å². The molecule has 18 heavy (non-hydrogen) atoms. The molecular formula is C13H16FN3O. The first-order valence-corrected chi connectivity index (χ1v) is 5.77. The molecule has 0 saturated heterocycles. The Morgan fingerprint density at radius 3 is 2.78 bits per heavy atom. The van der Waals surface area contributed by atoms with Gasteiger partial charge in [-0.2, -0.15) is 4.98 Å². The van der Waals surface area contributed by atoms with Crippen LogP contribution >= 0.6 is 0 Å². The molecule has 4 nitrogen and oxygen atoms in total. The van der Waals surface area contributed by atoms with Gasteiger partial charge in [0, 0.05) is 11.1 Å². The van der Waals surface area contributed by atoms with Gasteiger partial charge in [-0.1, -0.05) is 17.3 Å². The van der Waals surface area contributed by atoms with Crippen LogP contribution in [0.1, 0.15) is 26.7 Å². The Bertz CT molecular complexity index is 531. The van der Waals surface area contributed by atoms with Gasteiger partial charge >= 0.3 is 0 Å². The third-order valence-electron chi connectivity index (χ3n) is 2.32. The van der Waals surface area contributed by atoms with Gasteiger partial charge in [0.05, 0.1) is 6.54 Å². The van der Waals surface area contributed by atoms with E-state index in [0.29, 0.717) is 23.8 Å². The zero-order valence-corrected chi connectivity index (χ0v) is 10.7. The van der Waals surface area contributed by atoms with Gasteiger partial charge in [-0.3, -0.25) is 0 Å². The lowest BCUT2D eigenvalue weighted by Crippen LogP contribution is -2.35. The number of nitrogens with one attached hydrogen (secondary N) is 1. The molecule has 0 aliphatic heterocycles. The second-order valence-electron chi connectivity index (χ2n) is 5.13. The van der Waals surface area contributed by atoms with E-state index >= 15 is 0 Å². The van der Waals surface area contributed by atoms with Gasteiger partial charge in [-0.15, -0.1) is 0 Å². The average Bonchev–Trinajstić information content (AvgIpc) is 2.74. The van der Waals surface area contributed by atoms with Gasteiger partial charge in [0.15, 0.2) is 0 Å². The van der Waals surface area contributed by atoms with Gasteiger partial charge in [-0.05, 0) is 32.9 Å². The van der Waals surface area contributed by atoms with E-state index in [2.05, 4.69) is 36.2 Å². The molecule has 0 saturated carbocycles. The van der Waals surface area contributed by atoms with Crippen LogP contribution in [0.15, 0.2) is 28.8 Å². The molecule has 2 rings (SSSR count). The summed E-state index contributed by atoms with van der Waals surface area (Å²) < 4.78 is 18.2. The van der Waals surface area contributed by atoms with Gasteiger partial charge in [0.25, 0.3) is 0 Å².